The first-order valence-corrected chi connectivity index (χ1v) is 4.88. The maximum absolute atomic E-state index is 10.5. The first-order valence-electron chi connectivity index (χ1n) is 4.00. The molecule has 0 fully saturated rings. The largest absolute Gasteiger partial charge is 0.345 e. The first-order chi connectivity index (χ1) is 6.74. The minimum absolute atomic E-state index is 0.111. The SMILES string of the molecule is CC(=O)NCC#Cc1ccsc1C=O. The summed E-state index contributed by atoms with van der Waals surface area (Å²) in [5.41, 5.74) is 0.718. The van der Waals surface area contributed by atoms with Crippen LogP contribution in [0.1, 0.15) is 22.2 Å². The first kappa shape index (κ1) is 10.5. The van der Waals surface area contributed by atoms with E-state index in [2.05, 4.69) is 17.2 Å². The molecule has 0 aromatic carbocycles. The van der Waals surface area contributed by atoms with Crippen molar-refractivity contribution in [2.45, 2.75) is 6.92 Å². The molecule has 3 nitrogen and oxygen atoms in total. The van der Waals surface area contributed by atoms with Gasteiger partial charge in [0.15, 0.2) is 6.29 Å². The van der Waals surface area contributed by atoms with Crippen LogP contribution < -0.4 is 5.32 Å². The van der Waals surface area contributed by atoms with E-state index in [1.165, 1.54) is 18.3 Å². The summed E-state index contributed by atoms with van der Waals surface area (Å²) in [7, 11) is 0. The fourth-order valence-corrected chi connectivity index (χ4v) is 1.48. The number of hydrogen-bond donors (Lipinski definition) is 1. The summed E-state index contributed by atoms with van der Waals surface area (Å²) in [6.45, 7) is 1.74. The molecule has 1 amide bonds. The minimum Gasteiger partial charge on any atom is -0.345 e. The smallest absolute Gasteiger partial charge is 0.217 e. The molecule has 0 spiro atoms. The lowest BCUT2D eigenvalue weighted by Gasteiger charge is -1.90. The van der Waals surface area contributed by atoms with Crippen LogP contribution in [0.25, 0.3) is 0 Å². The summed E-state index contributed by atoms with van der Waals surface area (Å²) in [5.74, 6) is 5.46. The van der Waals surface area contributed by atoms with Gasteiger partial charge in [-0.05, 0) is 11.4 Å². The quantitative estimate of drug-likeness (QED) is 0.582. The molecule has 1 N–H and O–H groups in total. The summed E-state index contributed by atoms with van der Waals surface area (Å²) in [6, 6.07) is 1.79. The normalized spacial score (nSPS) is 8.64. The summed E-state index contributed by atoms with van der Waals surface area (Å²) in [6.07, 6.45) is 0.785. The van der Waals surface area contributed by atoms with E-state index in [9.17, 15) is 9.59 Å². The van der Waals surface area contributed by atoms with Gasteiger partial charge >= 0.3 is 0 Å². The van der Waals surface area contributed by atoms with Crippen LogP contribution >= 0.6 is 11.3 Å². The van der Waals surface area contributed by atoms with Gasteiger partial charge in [-0.3, -0.25) is 9.59 Å². The van der Waals surface area contributed by atoms with Gasteiger partial charge in [-0.15, -0.1) is 11.3 Å². The molecule has 0 atom stereocenters. The van der Waals surface area contributed by atoms with E-state index in [-0.39, 0.29) is 5.91 Å². The third kappa shape index (κ3) is 3.04. The molecule has 0 saturated heterocycles. The predicted octanol–water partition coefficient (Wildman–Crippen LogP) is 1.05. The lowest BCUT2D eigenvalue weighted by molar-refractivity contribution is -0.118. The van der Waals surface area contributed by atoms with E-state index in [4.69, 9.17) is 0 Å². The number of carbonyl (C=O) groups excluding carboxylic acids is 2. The Kier molecular flexibility index (Phi) is 3.89. The van der Waals surface area contributed by atoms with Crippen molar-refractivity contribution in [1.29, 1.82) is 0 Å². The van der Waals surface area contributed by atoms with Crippen molar-refractivity contribution in [1.82, 2.24) is 5.32 Å². The Labute approximate surface area is 86.1 Å². The highest BCUT2D eigenvalue weighted by Crippen LogP contribution is 2.12. The third-order valence-corrected chi connectivity index (χ3v) is 2.29. The van der Waals surface area contributed by atoms with Gasteiger partial charge < -0.3 is 5.32 Å². The maximum Gasteiger partial charge on any atom is 0.217 e. The topological polar surface area (TPSA) is 46.2 Å². The number of rotatable bonds is 2. The van der Waals surface area contributed by atoms with Crippen LogP contribution in [0.3, 0.4) is 0 Å². The highest BCUT2D eigenvalue weighted by molar-refractivity contribution is 7.11. The number of thiophene rings is 1. The lowest BCUT2D eigenvalue weighted by atomic mass is 10.3. The van der Waals surface area contributed by atoms with Gasteiger partial charge in [0.25, 0.3) is 0 Å². The van der Waals surface area contributed by atoms with Crippen LogP contribution in [0.4, 0.5) is 0 Å². The molecule has 0 bridgehead atoms. The number of carbonyl (C=O) groups is 2. The molecular weight excluding hydrogens is 198 g/mol. The highest BCUT2D eigenvalue weighted by Gasteiger charge is 1.97. The maximum atomic E-state index is 10.5. The second kappa shape index (κ2) is 5.20. The number of aldehydes is 1. The van der Waals surface area contributed by atoms with Gasteiger partial charge in [0.05, 0.1) is 11.4 Å². The fourth-order valence-electron chi connectivity index (χ4n) is 0.824. The van der Waals surface area contributed by atoms with Crippen molar-refractivity contribution in [3.63, 3.8) is 0 Å². The number of amides is 1. The Hall–Kier alpha value is -1.60. The summed E-state index contributed by atoms with van der Waals surface area (Å²) < 4.78 is 0. The molecule has 14 heavy (non-hydrogen) atoms. The highest BCUT2D eigenvalue weighted by atomic mass is 32.1. The van der Waals surface area contributed by atoms with E-state index in [1.807, 2.05) is 5.38 Å². The van der Waals surface area contributed by atoms with Gasteiger partial charge in [-0.25, -0.2) is 0 Å². The Morgan fingerprint density at radius 2 is 2.50 bits per heavy atom. The van der Waals surface area contributed by atoms with Crippen LogP contribution in [0.15, 0.2) is 11.4 Å². The van der Waals surface area contributed by atoms with E-state index in [0.717, 1.165) is 11.8 Å². The second-order valence-corrected chi connectivity index (χ2v) is 3.48. The van der Waals surface area contributed by atoms with Crippen molar-refractivity contribution in [3.05, 3.63) is 21.9 Å². The van der Waals surface area contributed by atoms with Gasteiger partial charge in [0.2, 0.25) is 5.91 Å². The summed E-state index contributed by atoms with van der Waals surface area (Å²) >= 11 is 1.36. The van der Waals surface area contributed by atoms with Gasteiger partial charge in [0.1, 0.15) is 0 Å². The van der Waals surface area contributed by atoms with E-state index in [1.54, 1.807) is 6.07 Å². The second-order valence-electron chi connectivity index (χ2n) is 2.53. The molecule has 0 radical (unpaired) electrons. The van der Waals surface area contributed by atoms with Crippen molar-refractivity contribution in [3.8, 4) is 11.8 Å². The minimum atomic E-state index is -0.111. The molecule has 4 heteroatoms. The summed E-state index contributed by atoms with van der Waals surface area (Å²) in [4.78, 5) is 21.6. The third-order valence-electron chi connectivity index (χ3n) is 1.45. The Morgan fingerprint density at radius 3 is 3.14 bits per heavy atom. The molecule has 1 heterocycles. The molecule has 0 aliphatic carbocycles. The van der Waals surface area contributed by atoms with Crippen LogP contribution in [-0.4, -0.2) is 18.7 Å². The van der Waals surface area contributed by atoms with Gasteiger partial charge in [-0.1, -0.05) is 11.8 Å². The molecule has 0 saturated carbocycles. The molecule has 72 valence electrons. The van der Waals surface area contributed by atoms with Crippen LogP contribution in [0.2, 0.25) is 0 Å². The van der Waals surface area contributed by atoms with Crippen molar-refractivity contribution >= 4 is 23.5 Å². The van der Waals surface area contributed by atoms with Gasteiger partial charge in [0, 0.05) is 12.5 Å². The average molecular weight is 207 g/mol. The Bertz CT molecular complexity index is 398. The zero-order valence-electron chi connectivity index (χ0n) is 7.66. The lowest BCUT2D eigenvalue weighted by Crippen LogP contribution is -2.19. The fraction of sp³-hybridized carbons (Fsp3) is 0.200. The van der Waals surface area contributed by atoms with Crippen molar-refractivity contribution in [2.75, 3.05) is 6.54 Å². The zero-order valence-corrected chi connectivity index (χ0v) is 8.48. The number of nitrogens with one attached hydrogen (secondary N) is 1. The Morgan fingerprint density at radius 1 is 1.71 bits per heavy atom. The molecule has 1 rings (SSSR count). The van der Waals surface area contributed by atoms with Crippen molar-refractivity contribution < 1.29 is 9.59 Å². The molecule has 1 aromatic rings. The van der Waals surface area contributed by atoms with Crippen molar-refractivity contribution in [2.24, 2.45) is 0 Å². The standard InChI is InChI=1S/C10H9NO2S/c1-8(13)11-5-2-3-9-4-6-14-10(9)7-12/h4,6-7H,5H2,1H3,(H,11,13). The van der Waals surface area contributed by atoms with Gasteiger partial charge in [-0.2, -0.15) is 0 Å². The molecule has 0 aliphatic rings. The summed E-state index contributed by atoms with van der Waals surface area (Å²) in [5, 5.41) is 4.36. The van der Waals surface area contributed by atoms with E-state index in [0.29, 0.717) is 11.4 Å². The molecular formula is C10H9NO2S. The zero-order chi connectivity index (χ0) is 10.4. The average Bonchev–Trinajstić information content (AvgIpc) is 2.59. The van der Waals surface area contributed by atoms with E-state index < -0.39 is 0 Å². The van der Waals surface area contributed by atoms with Crippen LogP contribution in [-0.2, 0) is 4.79 Å². The van der Waals surface area contributed by atoms with Crippen LogP contribution in [0.5, 0.6) is 0 Å². The molecule has 0 aliphatic heterocycles. The Balaban J connectivity index is 2.58. The molecule has 1 aromatic heterocycles. The molecule has 0 unspecified atom stereocenters. The monoisotopic (exact) mass is 207 g/mol. The number of hydrogen-bond acceptors (Lipinski definition) is 3. The van der Waals surface area contributed by atoms with E-state index >= 15 is 0 Å². The van der Waals surface area contributed by atoms with Crippen LogP contribution in [0, 0.1) is 11.8 Å². The predicted molar refractivity (Wildman–Crippen MR) is 55.3 cm³/mol.